The molecule has 1 heterocycles. The van der Waals surface area contributed by atoms with Crippen molar-refractivity contribution in [2.75, 3.05) is 0 Å². The summed E-state index contributed by atoms with van der Waals surface area (Å²) in [5.41, 5.74) is 0. The van der Waals surface area contributed by atoms with Crippen molar-refractivity contribution in [1.29, 1.82) is 0 Å². The third kappa shape index (κ3) is 3.39. The van der Waals surface area contributed by atoms with E-state index in [0.29, 0.717) is 4.47 Å². The third-order valence-corrected chi connectivity index (χ3v) is 3.39. The highest BCUT2D eigenvalue weighted by Crippen LogP contribution is 2.35. The lowest BCUT2D eigenvalue weighted by molar-refractivity contribution is -0.276. The van der Waals surface area contributed by atoms with Gasteiger partial charge in [-0.05, 0) is 53.9 Å². The van der Waals surface area contributed by atoms with Gasteiger partial charge in [0.05, 0.1) is 4.47 Å². The minimum absolute atomic E-state index is 0.109. The number of hydrogen-bond acceptors (Lipinski definition) is 2. The highest BCUT2D eigenvalue weighted by Gasteiger charge is 2.33. The summed E-state index contributed by atoms with van der Waals surface area (Å²) in [6, 6.07) is 1.49. The average molecular weight is 400 g/mol. The molecule has 0 atom stereocenters. The largest absolute Gasteiger partial charge is 0.574 e. The third-order valence-electron chi connectivity index (χ3n) is 1.06. The van der Waals surface area contributed by atoms with Gasteiger partial charge in [-0.15, -0.1) is 13.2 Å². The summed E-state index contributed by atoms with van der Waals surface area (Å²) in [6.07, 6.45) is -4.75. The van der Waals surface area contributed by atoms with Crippen molar-refractivity contribution < 1.29 is 17.9 Å². The first-order valence-electron chi connectivity index (χ1n) is 3.07. The lowest BCUT2D eigenvalue weighted by Gasteiger charge is -2.10. The van der Waals surface area contributed by atoms with Gasteiger partial charge in [-0.25, -0.2) is 4.98 Å². The number of nitrogens with zero attached hydrogens (tertiary/aromatic N) is 1. The Labute approximate surface area is 102 Å². The second kappa shape index (κ2) is 4.36. The van der Waals surface area contributed by atoms with E-state index in [1.807, 2.05) is 0 Å². The quantitative estimate of drug-likeness (QED) is 0.658. The van der Waals surface area contributed by atoms with Crippen LogP contribution in [-0.2, 0) is 0 Å². The van der Waals surface area contributed by atoms with E-state index in [-0.39, 0.29) is 9.08 Å². The Morgan fingerprint density at radius 2 is 1.79 bits per heavy atom. The molecule has 0 unspecified atom stereocenters. The zero-order chi connectivity index (χ0) is 10.9. The zero-order valence-electron chi connectivity index (χ0n) is 6.20. The maximum absolute atomic E-state index is 11.9. The summed E-state index contributed by atoms with van der Waals surface area (Å²) in [5.74, 6) is -0.543. The number of ether oxygens (including phenoxy) is 1. The number of halogens is 6. The van der Waals surface area contributed by atoms with Crippen LogP contribution in [0, 0.1) is 0 Å². The minimum atomic E-state index is -4.75. The second-order valence-corrected chi connectivity index (χ2v) is 4.55. The molecule has 8 heteroatoms. The van der Waals surface area contributed by atoms with Gasteiger partial charge in [0, 0.05) is 4.47 Å². The van der Waals surface area contributed by atoms with Gasteiger partial charge in [-0.1, -0.05) is 0 Å². The van der Waals surface area contributed by atoms with E-state index in [0.717, 1.165) is 0 Å². The molecule has 0 aliphatic carbocycles. The summed E-state index contributed by atoms with van der Waals surface area (Å²) in [4.78, 5) is 3.52. The minimum Gasteiger partial charge on any atom is -0.387 e. The van der Waals surface area contributed by atoms with Crippen LogP contribution in [0.1, 0.15) is 0 Å². The van der Waals surface area contributed by atoms with E-state index in [1.165, 1.54) is 6.07 Å². The van der Waals surface area contributed by atoms with Crippen molar-refractivity contribution in [2.24, 2.45) is 0 Å². The molecule has 0 bridgehead atoms. The number of hydrogen-bond donors (Lipinski definition) is 0. The predicted molar refractivity (Wildman–Crippen MR) is 54.0 cm³/mol. The fourth-order valence-electron chi connectivity index (χ4n) is 0.626. The predicted octanol–water partition coefficient (Wildman–Crippen LogP) is 4.27. The van der Waals surface area contributed by atoms with Crippen molar-refractivity contribution in [1.82, 2.24) is 4.98 Å². The molecule has 0 aliphatic heterocycles. The molecule has 0 aromatic carbocycles. The number of rotatable bonds is 1. The van der Waals surface area contributed by atoms with Crippen molar-refractivity contribution in [2.45, 2.75) is 6.36 Å². The Hall–Kier alpha value is 0.180. The van der Waals surface area contributed by atoms with E-state index >= 15 is 0 Å². The van der Waals surface area contributed by atoms with Crippen molar-refractivity contribution in [3.8, 4) is 5.88 Å². The van der Waals surface area contributed by atoms with Crippen LogP contribution in [0.15, 0.2) is 19.6 Å². The second-order valence-electron chi connectivity index (χ2n) is 2.09. The molecule has 0 spiro atoms. The lowest BCUT2D eigenvalue weighted by atomic mass is 10.5. The summed E-state index contributed by atoms with van der Waals surface area (Å²) >= 11 is 8.90. The highest BCUT2D eigenvalue weighted by atomic mass is 79.9. The molecular formula is C6HBr3F3NO. The Kier molecular flexibility index (Phi) is 3.81. The Morgan fingerprint density at radius 3 is 2.29 bits per heavy atom. The topological polar surface area (TPSA) is 22.1 Å². The van der Waals surface area contributed by atoms with Crippen LogP contribution in [0.25, 0.3) is 0 Å². The molecule has 0 amide bonds. The van der Waals surface area contributed by atoms with Crippen LogP contribution in [0.2, 0.25) is 0 Å². The van der Waals surface area contributed by atoms with Gasteiger partial charge < -0.3 is 4.74 Å². The first kappa shape index (κ1) is 12.3. The van der Waals surface area contributed by atoms with Gasteiger partial charge >= 0.3 is 6.36 Å². The summed E-state index contributed by atoms with van der Waals surface area (Å²) in [6.45, 7) is 0. The molecule has 0 radical (unpaired) electrons. The molecule has 1 aromatic rings. The van der Waals surface area contributed by atoms with E-state index in [2.05, 4.69) is 57.5 Å². The number of pyridine rings is 1. The van der Waals surface area contributed by atoms with Gasteiger partial charge in [-0.2, -0.15) is 0 Å². The van der Waals surface area contributed by atoms with E-state index in [1.54, 1.807) is 0 Å². The van der Waals surface area contributed by atoms with Gasteiger partial charge in [0.25, 0.3) is 0 Å². The molecule has 0 saturated carbocycles. The summed E-state index contributed by atoms with van der Waals surface area (Å²) < 4.78 is 40.1. The van der Waals surface area contributed by atoms with Crippen LogP contribution in [0.3, 0.4) is 0 Å². The highest BCUT2D eigenvalue weighted by molar-refractivity contribution is 9.13. The molecular weight excluding hydrogens is 399 g/mol. The maximum Gasteiger partial charge on any atom is 0.574 e. The first-order valence-corrected chi connectivity index (χ1v) is 5.45. The van der Waals surface area contributed by atoms with Crippen LogP contribution in [0.5, 0.6) is 5.88 Å². The number of alkyl halides is 3. The molecule has 14 heavy (non-hydrogen) atoms. The van der Waals surface area contributed by atoms with Crippen LogP contribution in [-0.4, -0.2) is 11.3 Å². The fraction of sp³-hybridized carbons (Fsp3) is 0.167. The van der Waals surface area contributed by atoms with E-state index < -0.39 is 12.2 Å². The van der Waals surface area contributed by atoms with Gasteiger partial charge in [0.15, 0.2) is 0 Å². The van der Waals surface area contributed by atoms with Crippen LogP contribution >= 0.6 is 47.8 Å². The Morgan fingerprint density at radius 1 is 1.21 bits per heavy atom. The normalized spacial score (nSPS) is 11.6. The molecule has 0 saturated heterocycles. The summed E-state index contributed by atoms with van der Waals surface area (Å²) in [7, 11) is 0. The van der Waals surface area contributed by atoms with Gasteiger partial charge in [0.1, 0.15) is 4.60 Å². The average Bonchev–Trinajstić information content (AvgIpc) is 1.96. The molecule has 78 valence electrons. The van der Waals surface area contributed by atoms with Crippen molar-refractivity contribution in [3.63, 3.8) is 0 Å². The van der Waals surface area contributed by atoms with Crippen LogP contribution in [0.4, 0.5) is 13.2 Å². The molecule has 2 nitrogen and oxygen atoms in total. The molecule has 0 fully saturated rings. The Bertz CT molecular complexity index is 355. The lowest BCUT2D eigenvalue weighted by Crippen LogP contribution is -2.18. The van der Waals surface area contributed by atoms with Crippen LogP contribution < -0.4 is 4.74 Å². The van der Waals surface area contributed by atoms with Crippen molar-refractivity contribution in [3.05, 3.63) is 19.6 Å². The van der Waals surface area contributed by atoms with E-state index in [9.17, 15) is 13.2 Å². The maximum atomic E-state index is 11.9. The number of aromatic nitrogens is 1. The monoisotopic (exact) mass is 397 g/mol. The molecule has 1 rings (SSSR count). The zero-order valence-corrected chi connectivity index (χ0v) is 11.0. The smallest absolute Gasteiger partial charge is 0.387 e. The summed E-state index contributed by atoms with van der Waals surface area (Å²) in [5, 5.41) is 0. The fourth-order valence-corrected chi connectivity index (χ4v) is 1.99. The van der Waals surface area contributed by atoms with Gasteiger partial charge in [-0.3, -0.25) is 0 Å². The molecule has 0 N–H and O–H groups in total. The first-order chi connectivity index (χ1) is 6.29. The molecule has 0 aliphatic rings. The molecule has 1 aromatic heterocycles. The van der Waals surface area contributed by atoms with E-state index in [4.69, 9.17) is 0 Å². The Balaban J connectivity index is 3.09. The SMILES string of the molecule is FC(F)(F)Oc1nc(Br)cc(Br)c1Br. The van der Waals surface area contributed by atoms with Crippen molar-refractivity contribution >= 4 is 47.8 Å². The van der Waals surface area contributed by atoms with Gasteiger partial charge in [0.2, 0.25) is 5.88 Å². The standard InChI is InChI=1S/C6HBr3F3NO/c7-2-1-3(8)13-5(4(2)9)14-6(10,11)12/h1H.